The van der Waals surface area contributed by atoms with Crippen molar-refractivity contribution in [2.75, 3.05) is 13.2 Å². The number of amides is 1. The number of likely N-dealkylation sites (tertiary alicyclic amines) is 1. The minimum Gasteiger partial charge on any atom is -0.396 e. The summed E-state index contributed by atoms with van der Waals surface area (Å²) in [5, 5.41) is 8.90. The zero-order chi connectivity index (χ0) is 15.5. The number of aliphatic hydroxyl groups excluding tert-OH is 1. The smallest absolute Gasteiger partial charge is 0.391 e. The second-order valence-electron chi connectivity index (χ2n) is 6.28. The molecule has 1 unspecified atom stereocenters. The molecule has 6 heteroatoms. The van der Waals surface area contributed by atoms with E-state index >= 15 is 0 Å². The Morgan fingerprint density at radius 2 is 1.81 bits per heavy atom. The van der Waals surface area contributed by atoms with Crippen molar-refractivity contribution in [3.8, 4) is 0 Å². The first-order valence-electron chi connectivity index (χ1n) is 7.91. The molecule has 0 spiro atoms. The van der Waals surface area contributed by atoms with E-state index in [1.54, 1.807) is 0 Å². The van der Waals surface area contributed by atoms with Crippen LogP contribution in [0.3, 0.4) is 0 Å². The predicted molar refractivity (Wildman–Crippen MR) is 72.6 cm³/mol. The molecule has 0 radical (unpaired) electrons. The highest BCUT2D eigenvalue weighted by atomic mass is 19.4. The first kappa shape index (κ1) is 16.6. The van der Waals surface area contributed by atoms with Gasteiger partial charge in [-0.25, -0.2) is 0 Å². The minimum atomic E-state index is -4.12. The second-order valence-corrected chi connectivity index (χ2v) is 6.28. The van der Waals surface area contributed by atoms with E-state index < -0.39 is 12.1 Å². The highest BCUT2D eigenvalue weighted by Crippen LogP contribution is 2.40. The Labute approximate surface area is 123 Å². The molecule has 21 heavy (non-hydrogen) atoms. The molecule has 1 atom stereocenters. The van der Waals surface area contributed by atoms with Gasteiger partial charge >= 0.3 is 6.18 Å². The molecule has 2 aliphatic rings. The lowest BCUT2D eigenvalue weighted by molar-refractivity contribution is -0.185. The monoisotopic (exact) mass is 307 g/mol. The SMILES string of the molecule is O=C(C1CCC(C(F)(F)F)CC1)N1CCCC1CCCO. The number of nitrogens with zero attached hydrogens (tertiary/aromatic N) is 1. The van der Waals surface area contributed by atoms with Gasteiger partial charge < -0.3 is 10.0 Å². The van der Waals surface area contributed by atoms with Crippen molar-refractivity contribution in [2.24, 2.45) is 11.8 Å². The number of hydrogen-bond acceptors (Lipinski definition) is 2. The summed E-state index contributed by atoms with van der Waals surface area (Å²) in [6.07, 6.45) is 0.118. The van der Waals surface area contributed by atoms with Crippen LogP contribution in [0.5, 0.6) is 0 Å². The summed E-state index contributed by atoms with van der Waals surface area (Å²) >= 11 is 0. The van der Waals surface area contributed by atoms with Crippen LogP contribution in [0.1, 0.15) is 51.4 Å². The Hall–Kier alpha value is -0.780. The first-order chi connectivity index (χ1) is 9.93. The summed E-state index contributed by atoms with van der Waals surface area (Å²) in [4.78, 5) is 14.4. The standard InChI is InChI=1S/C15H24F3NO2/c16-15(17,18)12-7-5-11(6-8-12)14(21)19-9-1-3-13(19)4-2-10-20/h11-13,20H,1-10H2. The average Bonchev–Trinajstić information content (AvgIpc) is 2.92. The average molecular weight is 307 g/mol. The normalized spacial score (nSPS) is 30.7. The molecule has 1 aliphatic heterocycles. The van der Waals surface area contributed by atoms with Crippen molar-refractivity contribution >= 4 is 5.91 Å². The number of hydrogen-bond donors (Lipinski definition) is 1. The largest absolute Gasteiger partial charge is 0.396 e. The van der Waals surface area contributed by atoms with E-state index in [4.69, 9.17) is 5.11 Å². The zero-order valence-corrected chi connectivity index (χ0v) is 12.2. The molecule has 1 saturated heterocycles. The van der Waals surface area contributed by atoms with Gasteiger partial charge in [0.25, 0.3) is 0 Å². The summed E-state index contributed by atoms with van der Waals surface area (Å²) in [5.41, 5.74) is 0. The molecule has 122 valence electrons. The van der Waals surface area contributed by atoms with Gasteiger partial charge in [-0.3, -0.25) is 4.79 Å². The van der Waals surface area contributed by atoms with Crippen LogP contribution in [0, 0.1) is 11.8 Å². The minimum absolute atomic E-state index is 0.0380. The molecule has 3 nitrogen and oxygen atoms in total. The van der Waals surface area contributed by atoms with Crippen molar-refractivity contribution in [2.45, 2.75) is 63.6 Å². The topological polar surface area (TPSA) is 40.5 Å². The van der Waals surface area contributed by atoms with Crippen LogP contribution in [0.4, 0.5) is 13.2 Å². The Bertz CT molecular complexity index is 351. The molecule has 0 aromatic carbocycles. The first-order valence-corrected chi connectivity index (χ1v) is 7.91. The zero-order valence-electron chi connectivity index (χ0n) is 12.2. The molecular formula is C15H24F3NO2. The highest BCUT2D eigenvalue weighted by Gasteiger charge is 2.43. The number of aliphatic hydroxyl groups is 1. The van der Waals surface area contributed by atoms with Crippen molar-refractivity contribution in [3.63, 3.8) is 0 Å². The van der Waals surface area contributed by atoms with E-state index in [1.807, 2.05) is 4.90 Å². The van der Waals surface area contributed by atoms with Gasteiger partial charge in [-0.05, 0) is 51.4 Å². The number of carbonyl (C=O) groups excluding carboxylic acids is 1. The van der Waals surface area contributed by atoms with E-state index in [2.05, 4.69) is 0 Å². The van der Waals surface area contributed by atoms with Gasteiger partial charge in [-0.1, -0.05) is 0 Å². The fourth-order valence-corrected chi connectivity index (χ4v) is 3.66. The molecule has 2 fully saturated rings. The van der Waals surface area contributed by atoms with E-state index in [1.165, 1.54) is 0 Å². The van der Waals surface area contributed by atoms with E-state index in [0.29, 0.717) is 25.8 Å². The van der Waals surface area contributed by atoms with Gasteiger partial charge in [0.05, 0.1) is 5.92 Å². The number of alkyl halides is 3. The lowest BCUT2D eigenvalue weighted by Gasteiger charge is -2.33. The third-order valence-corrected chi connectivity index (χ3v) is 4.90. The lowest BCUT2D eigenvalue weighted by Crippen LogP contribution is -2.41. The predicted octanol–water partition coefficient (Wildman–Crippen LogP) is 3.12. The van der Waals surface area contributed by atoms with Crippen molar-refractivity contribution in [3.05, 3.63) is 0 Å². The van der Waals surface area contributed by atoms with E-state index in [-0.39, 0.29) is 37.3 Å². The Morgan fingerprint density at radius 1 is 1.14 bits per heavy atom. The molecule has 1 saturated carbocycles. The molecular weight excluding hydrogens is 283 g/mol. The Kier molecular flexibility index (Phi) is 5.52. The molecule has 1 amide bonds. The van der Waals surface area contributed by atoms with Gasteiger partial charge in [0.1, 0.15) is 0 Å². The third kappa shape index (κ3) is 4.11. The third-order valence-electron chi connectivity index (χ3n) is 4.90. The van der Waals surface area contributed by atoms with Crippen LogP contribution in [-0.4, -0.2) is 41.3 Å². The maximum Gasteiger partial charge on any atom is 0.391 e. The lowest BCUT2D eigenvalue weighted by atomic mass is 9.81. The van der Waals surface area contributed by atoms with E-state index in [9.17, 15) is 18.0 Å². The molecule has 1 aliphatic carbocycles. The van der Waals surface area contributed by atoms with Crippen LogP contribution < -0.4 is 0 Å². The molecule has 2 rings (SSSR count). The highest BCUT2D eigenvalue weighted by molar-refractivity contribution is 5.79. The Morgan fingerprint density at radius 3 is 2.38 bits per heavy atom. The summed E-state index contributed by atoms with van der Waals surface area (Å²) < 4.78 is 38.0. The second kappa shape index (κ2) is 6.99. The van der Waals surface area contributed by atoms with Gasteiger partial charge in [-0.15, -0.1) is 0 Å². The molecule has 0 aromatic heterocycles. The van der Waals surface area contributed by atoms with Crippen molar-refractivity contribution in [1.29, 1.82) is 0 Å². The van der Waals surface area contributed by atoms with Crippen LogP contribution in [-0.2, 0) is 4.79 Å². The molecule has 1 heterocycles. The quantitative estimate of drug-likeness (QED) is 0.867. The van der Waals surface area contributed by atoms with E-state index in [0.717, 1.165) is 19.3 Å². The number of rotatable bonds is 4. The van der Waals surface area contributed by atoms with Crippen LogP contribution in [0.15, 0.2) is 0 Å². The number of carbonyl (C=O) groups is 1. The fourth-order valence-electron chi connectivity index (χ4n) is 3.66. The molecule has 0 bridgehead atoms. The molecule has 0 aromatic rings. The van der Waals surface area contributed by atoms with Crippen molar-refractivity contribution in [1.82, 2.24) is 4.90 Å². The van der Waals surface area contributed by atoms with Crippen LogP contribution >= 0.6 is 0 Å². The maximum absolute atomic E-state index is 12.7. The van der Waals surface area contributed by atoms with Gasteiger partial charge in [0.2, 0.25) is 5.91 Å². The summed E-state index contributed by atoms with van der Waals surface area (Å²) in [5.74, 6) is -1.43. The van der Waals surface area contributed by atoms with Crippen LogP contribution in [0.2, 0.25) is 0 Å². The van der Waals surface area contributed by atoms with Gasteiger partial charge in [0, 0.05) is 25.1 Å². The summed E-state index contributed by atoms with van der Waals surface area (Å²) in [6.45, 7) is 0.837. The van der Waals surface area contributed by atoms with Gasteiger partial charge in [-0.2, -0.15) is 13.2 Å². The molecule has 1 N–H and O–H groups in total. The van der Waals surface area contributed by atoms with Crippen LogP contribution in [0.25, 0.3) is 0 Å². The summed E-state index contributed by atoms with van der Waals surface area (Å²) in [6, 6.07) is 0.171. The fraction of sp³-hybridized carbons (Fsp3) is 0.933. The Balaban J connectivity index is 1.86. The number of halogens is 3. The maximum atomic E-state index is 12.7. The van der Waals surface area contributed by atoms with Gasteiger partial charge in [0.15, 0.2) is 0 Å². The summed E-state index contributed by atoms with van der Waals surface area (Å²) in [7, 11) is 0. The van der Waals surface area contributed by atoms with Crippen molar-refractivity contribution < 1.29 is 23.1 Å².